The van der Waals surface area contributed by atoms with Crippen molar-refractivity contribution in [1.82, 2.24) is 5.32 Å². The number of hydrogen-bond donors (Lipinski definition) is 3. The molecule has 0 spiro atoms. The maximum absolute atomic E-state index is 11.3. The first-order valence-corrected chi connectivity index (χ1v) is 5.11. The van der Waals surface area contributed by atoms with Gasteiger partial charge in [-0.15, -0.1) is 0 Å². The van der Waals surface area contributed by atoms with E-state index < -0.39 is 35.7 Å². The number of alkyl carbamates (subject to hydrolysis) is 1. The maximum Gasteiger partial charge on any atom is 0.407 e. The first-order chi connectivity index (χ1) is 7.20. The van der Waals surface area contributed by atoms with Gasteiger partial charge < -0.3 is 20.3 Å². The van der Waals surface area contributed by atoms with Crippen molar-refractivity contribution in [3.8, 4) is 0 Å². The molecule has 3 atom stereocenters. The van der Waals surface area contributed by atoms with E-state index in [2.05, 4.69) is 5.32 Å². The Morgan fingerprint density at radius 1 is 1.38 bits per heavy atom. The van der Waals surface area contributed by atoms with Gasteiger partial charge in [0.2, 0.25) is 0 Å². The predicted molar refractivity (Wildman–Crippen MR) is 54.9 cm³/mol. The summed E-state index contributed by atoms with van der Waals surface area (Å²) in [7, 11) is 0. The molecule has 0 bridgehead atoms. The molecular weight excluding hydrogens is 214 g/mol. The van der Waals surface area contributed by atoms with E-state index in [1.165, 1.54) is 0 Å². The predicted octanol–water partition coefficient (Wildman–Crippen LogP) is 0.345. The topological polar surface area (TPSA) is 95.9 Å². The second-order valence-electron chi connectivity index (χ2n) is 4.92. The molecule has 0 heterocycles. The smallest absolute Gasteiger partial charge is 0.407 e. The molecule has 1 amide bonds. The number of carboxylic acids is 1. The van der Waals surface area contributed by atoms with E-state index in [0.717, 1.165) is 0 Å². The summed E-state index contributed by atoms with van der Waals surface area (Å²) >= 11 is 0. The maximum atomic E-state index is 11.3. The third-order valence-electron chi connectivity index (χ3n) is 2.34. The van der Waals surface area contributed by atoms with Crippen LogP contribution < -0.4 is 5.32 Å². The largest absolute Gasteiger partial charge is 0.481 e. The number of amides is 1. The molecule has 1 aliphatic carbocycles. The number of aliphatic hydroxyl groups is 1. The average molecular weight is 231 g/mol. The molecule has 3 N–H and O–H groups in total. The standard InChI is InChI=1S/C10H17NO5/c1-10(2,3)16-9(15)11-7-5(8(13)14)4-6(7)12/h5-7,12H,4H2,1-3H3,(H,11,15)(H,13,14)/t5-,6+,7-/m1/s1. The molecule has 0 saturated heterocycles. The highest BCUT2D eigenvalue weighted by Crippen LogP contribution is 2.28. The summed E-state index contributed by atoms with van der Waals surface area (Å²) in [6.45, 7) is 5.12. The lowest BCUT2D eigenvalue weighted by Crippen LogP contribution is -2.60. The summed E-state index contributed by atoms with van der Waals surface area (Å²) in [5.41, 5.74) is -0.641. The molecule has 0 aromatic rings. The molecule has 6 heteroatoms. The van der Waals surface area contributed by atoms with Crippen LogP contribution in [-0.2, 0) is 9.53 Å². The van der Waals surface area contributed by atoms with Crippen molar-refractivity contribution in [1.29, 1.82) is 0 Å². The van der Waals surface area contributed by atoms with Crippen LogP contribution in [0.4, 0.5) is 4.79 Å². The number of carbonyl (C=O) groups is 2. The van der Waals surface area contributed by atoms with Crippen LogP contribution >= 0.6 is 0 Å². The fourth-order valence-corrected chi connectivity index (χ4v) is 1.52. The molecule has 0 aliphatic heterocycles. The summed E-state index contributed by atoms with van der Waals surface area (Å²) < 4.78 is 4.97. The first kappa shape index (κ1) is 12.8. The normalized spacial score (nSPS) is 29.1. The van der Waals surface area contributed by atoms with Crippen LogP contribution in [0.25, 0.3) is 0 Å². The number of carboxylic acid groups (broad SMARTS) is 1. The van der Waals surface area contributed by atoms with E-state index in [0.29, 0.717) is 0 Å². The van der Waals surface area contributed by atoms with E-state index in [1.54, 1.807) is 20.8 Å². The Morgan fingerprint density at radius 2 is 1.94 bits per heavy atom. The molecule has 92 valence electrons. The van der Waals surface area contributed by atoms with Crippen LogP contribution in [0.1, 0.15) is 27.2 Å². The number of ether oxygens (including phenoxy) is 1. The highest BCUT2D eigenvalue weighted by atomic mass is 16.6. The zero-order valence-electron chi connectivity index (χ0n) is 9.56. The fraction of sp³-hybridized carbons (Fsp3) is 0.800. The van der Waals surface area contributed by atoms with E-state index in [4.69, 9.17) is 9.84 Å². The van der Waals surface area contributed by atoms with Crippen molar-refractivity contribution in [2.75, 3.05) is 0 Å². The van der Waals surface area contributed by atoms with Gasteiger partial charge in [0.05, 0.1) is 18.1 Å². The summed E-state index contributed by atoms with van der Waals surface area (Å²) in [4.78, 5) is 22.0. The Kier molecular flexibility index (Phi) is 3.42. The molecule has 6 nitrogen and oxygen atoms in total. The zero-order chi connectivity index (χ0) is 12.5. The van der Waals surface area contributed by atoms with Crippen molar-refractivity contribution in [2.45, 2.75) is 44.9 Å². The summed E-state index contributed by atoms with van der Waals surface area (Å²) in [5, 5.41) is 20.5. The van der Waals surface area contributed by atoms with E-state index in [1.807, 2.05) is 0 Å². The van der Waals surface area contributed by atoms with Crippen molar-refractivity contribution in [3.63, 3.8) is 0 Å². The van der Waals surface area contributed by atoms with Gasteiger partial charge in [-0.2, -0.15) is 0 Å². The van der Waals surface area contributed by atoms with Crippen LogP contribution in [0.15, 0.2) is 0 Å². The number of rotatable bonds is 2. The van der Waals surface area contributed by atoms with Crippen molar-refractivity contribution in [3.05, 3.63) is 0 Å². The number of nitrogens with one attached hydrogen (secondary N) is 1. The number of aliphatic hydroxyl groups excluding tert-OH is 1. The summed E-state index contributed by atoms with van der Waals surface area (Å²) in [5.74, 6) is -1.76. The Balaban J connectivity index is 2.47. The molecule has 0 aromatic heterocycles. The number of hydrogen-bond acceptors (Lipinski definition) is 4. The lowest BCUT2D eigenvalue weighted by molar-refractivity contribution is -0.151. The van der Waals surface area contributed by atoms with Gasteiger partial charge in [0.25, 0.3) is 0 Å². The van der Waals surface area contributed by atoms with Crippen molar-refractivity contribution in [2.24, 2.45) is 5.92 Å². The Morgan fingerprint density at radius 3 is 2.31 bits per heavy atom. The van der Waals surface area contributed by atoms with E-state index in [9.17, 15) is 14.7 Å². The van der Waals surface area contributed by atoms with Crippen LogP contribution in [0.3, 0.4) is 0 Å². The highest BCUT2D eigenvalue weighted by Gasteiger charge is 2.46. The van der Waals surface area contributed by atoms with Crippen LogP contribution in [0.5, 0.6) is 0 Å². The number of aliphatic carboxylic acids is 1. The molecule has 1 saturated carbocycles. The Bertz CT molecular complexity index is 296. The SMILES string of the molecule is CC(C)(C)OC(=O)N[C@H]1[C@@H](O)C[C@H]1C(=O)O. The second-order valence-corrected chi connectivity index (χ2v) is 4.92. The molecule has 1 aliphatic rings. The third-order valence-corrected chi connectivity index (χ3v) is 2.34. The second kappa shape index (κ2) is 4.29. The van der Waals surface area contributed by atoms with Gasteiger partial charge in [0.15, 0.2) is 0 Å². The highest BCUT2D eigenvalue weighted by molar-refractivity contribution is 5.75. The van der Waals surface area contributed by atoms with Crippen LogP contribution in [0.2, 0.25) is 0 Å². The Hall–Kier alpha value is -1.30. The van der Waals surface area contributed by atoms with Gasteiger partial charge in [-0.05, 0) is 27.2 Å². The van der Waals surface area contributed by atoms with Gasteiger partial charge >= 0.3 is 12.1 Å². The lowest BCUT2D eigenvalue weighted by Gasteiger charge is -2.39. The van der Waals surface area contributed by atoms with Gasteiger partial charge in [-0.3, -0.25) is 4.79 Å². The van der Waals surface area contributed by atoms with Crippen LogP contribution in [0, 0.1) is 5.92 Å². The van der Waals surface area contributed by atoms with Crippen molar-refractivity contribution < 1.29 is 24.5 Å². The quantitative estimate of drug-likeness (QED) is 0.637. The van der Waals surface area contributed by atoms with E-state index >= 15 is 0 Å². The molecule has 0 unspecified atom stereocenters. The summed E-state index contributed by atoms with van der Waals surface area (Å²) in [6.07, 6.45) is -1.35. The fourth-order valence-electron chi connectivity index (χ4n) is 1.52. The monoisotopic (exact) mass is 231 g/mol. The average Bonchev–Trinajstić information content (AvgIpc) is 2.07. The van der Waals surface area contributed by atoms with Gasteiger partial charge in [-0.1, -0.05) is 0 Å². The minimum absolute atomic E-state index is 0.162. The molecule has 0 radical (unpaired) electrons. The van der Waals surface area contributed by atoms with E-state index in [-0.39, 0.29) is 6.42 Å². The van der Waals surface area contributed by atoms with Gasteiger partial charge in [0.1, 0.15) is 5.60 Å². The molecule has 0 aromatic carbocycles. The van der Waals surface area contributed by atoms with Gasteiger partial charge in [0, 0.05) is 0 Å². The third kappa shape index (κ3) is 3.10. The van der Waals surface area contributed by atoms with Crippen LogP contribution in [-0.4, -0.2) is 40.0 Å². The molecule has 1 rings (SSSR count). The molecule has 1 fully saturated rings. The van der Waals surface area contributed by atoms with Gasteiger partial charge in [-0.25, -0.2) is 4.79 Å². The van der Waals surface area contributed by atoms with Crippen molar-refractivity contribution >= 4 is 12.1 Å². The molecule has 16 heavy (non-hydrogen) atoms. The minimum Gasteiger partial charge on any atom is -0.481 e. The molecular formula is C10H17NO5. The lowest BCUT2D eigenvalue weighted by atomic mass is 9.77. The Labute approximate surface area is 93.6 Å². The summed E-state index contributed by atoms with van der Waals surface area (Å²) in [6, 6.07) is -0.757. The number of carbonyl (C=O) groups excluding carboxylic acids is 1. The first-order valence-electron chi connectivity index (χ1n) is 5.11. The minimum atomic E-state index is -1.02. The zero-order valence-corrected chi connectivity index (χ0v) is 9.56.